The van der Waals surface area contributed by atoms with Gasteiger partial charge in [0.1, 0.15) is 0 Å². The Balaban J connectivity index is 2.88. The third-order valence-electron chi connectivity index (χ3n) is 1.79. The van der Waals surface area contributed by atoms with Crippen LogP contribution in [-0.2, 0) is 6.42 Å². The fourth-order valence-electron chi connectivity index (χ4n) is 1.19. The minimum Gasteiger partial charge on any atom is -0.294 e. The summed E-state index contributed by atoms with van der Waals surface area (Å²) in [5, 5.41) is 0. The second-order valence-electron chi connectivity index (χ2n) is 2.87. The number of rotatable bonds is 3. The quantitative estimate of drug-likeness (QED) is 0.623. The Labute approximate surface area is 73.4 Å². The summed E-state index contributed by atoms with van der Waals surface area (Å²) >= 11 is 0. The van der Waals surface area contributed by atoms with Gasteiger partial charge in [0.05, 0.1) is 0 Å². The highest BCUT2D eigenvalue weighted by atomic mass is 16.1. The maximum absolute atomic E-state index is 10.9. The number of Topliss-reactive ketones (excluding diaryl/α,β-unsaturated/α-hetero) is 1. The van der Waals surface area contributed by atoms with Gasteiger partial charge in [-0.3, -0.25) is 4.79 Å². The lowest BCUT2D eigenvalue weighted by molar-refractivity contribution is 0.104. The van der Waals surface area contributed by atoms with Crippen molar-refractivity contribution in [3.05, 3.63) is 42.3 Å². The van der Waals surface area contributed by atoms with Crippen molar-refractivity contribution >= 4 is 5.78 Å². The van der Waals surface area contributed by atoms with Gasteiger partial charge in [0.25, 0.3) is 0 Å². The molecule has 0 saturated carbocycles. The second kappa shape index (κ2) is 4.05. The molecule has 0 aliphatic rings. The van der Waals surface area contributed by atoms with E-state index in [1.165, 1.54) is 5.56 Å². The van der Waals surface area contributed by atoms with Gasteiger partial charge in [-0.2, -0.15) is 0 Å². The molecule has 0 aromatic heterocycles. The van der Waals surface area contributed by atoms with Crippen molar-refractivity contribution in [2.75, 3.05) is 0 Å². The highest BCUT2D eigenvalue weighted by molar-refractivity contribution is 5.99. The molecule has 1 rings (SSSR count). The third kappa shape index (κ3) is 2.19. The molecule has 1 radical (unpaired) electrons. The van der Waals surface area contributed by atoms with Crippen molar-refractivity contribution in [2.45, 2.75) is 19.8 Å². The van der Waals surface area contributed by atoms with E-state index in [0.717, 1.165) is 12.8 Å². The standard InChI is InChI=1S/C11H13O/c1-3-5-10-6-4-7-11(8-10)9(2)12/h4,6-8H,2-3,5H2,1H3. The van der Waals surface area contributed by atoms with E-state index in [-0.39, 0.29) is 5.78 Å². The summed E-state index contributed by atoms with van der Waals surface area (Å²) in [5.74, 6) is -0.104. The van der Waals surface area contributed by atoms with Crippen LogP contribution in [0.1, 0.15) is 29.3 Å². The van der Waals surface area contributed by atoms with Crippen LogP contribution in [0.2, 0.25) is 0 Å². The summed E-state index contributed by atoms with van der Waals surface area (Å²) in [7, 11) is 0. The fraction of sp³-hybridized carbons (Fsp3) is 0.273. The van der Waals surface area contributed by atoms with Crippen molar-refractivity contribution in [1.82, 2.24) is 0 Å². The van der Waals surface area contributed by atoms with Crippen LogP contribution in [0.25, 0.3) is 0 Å². The number of carbonyl (C=O) groups is 1. The van der Waals surface area contributed by atoms with Crippen molar-refractivity contribution in [2.24, 2.45) is 0 Å². The molecule has 0 aliphatic carbocycles. The number of hydrogen-bond acceptors (Lipinski definition) is 1. The lowest BCUT2D eigenvalue weighted by Crippen LogP contribution is -1.93. The molecule has 0 heterocycles. The summed E-state index contributed by atoms with van der Waals surface area (Å²) in [5.41, 5.74) is 1.92. The Morgan fingerprint density at radius 1 is 1.50 bits per heavy atom. The molecule has 0 fully saturated rings. The van der Waals surface area contributed by atoms with Gasteiger partial charge in [-0.15, -0.1) is 0 Å². The second-order valence-corrected chi connectivity index (χ2v) is 2.87. The first-order valence-electron chi connectivity index (χ1n) is 4.19. The molecule has 0 aliphatic heterocycles. The van der Waals surface area contributed by atoms with Crippen molar-refractivity contribution in [3.8, 4) is 0 Å². The number of hydrogen-bond donors (Lipinski definition) is 0. The first-order valence-corrected chi connectivity index (χ1v) is 4.19. The number of aryl methyl sites for hydroxylation is 1. The van der Waals surface area contributed by atoms with Crippen LogP contribution in [0, 0.1) is 6.92 Å². The van der Waals surface area contributed by atoms with Gasteiger partial charge in [-0.1, -0.05) is 31.5 Å². The summed E-state index contributed by atoms with van der Waals surface area (Å²) in [6.45, 7) is 5.49. The summed E-state index contributed by atoms with van der Waals surface area (Å²) in [6, 6.07) is 7.66. The van der Waals surface area contributed by atoms with Crippen molar-refractivity contribution in [3.63, 3.8) is 0 Å². The van der Waals surface area contributed by atoms with Crippen LogP contribution >= 0.6 is 0 Å². The largest absolute Gasteiger partial charge is 0.294 e. The maximum Gasteiger partial charge on any atom is 0.163 e. The van der Waals surface area contributed by atoms with E-state index in [2.05, 4.69) is 13.8 Å². The van der Waals surface area contributed by atoms with E-state index < -0.39 is 0 Å². The molecule has 1 aromatic rings. The Morgan fingerprint density at radius 2 is 2.25 bits per heavy atom. The van der Waals surface area contributed by atoms with Crippen LogP contribution in [0.3, 0.4) is 0 Å². The van der Waals surface area contributed by atoms with E-state index in [1.807, 2.05) is 18.2 Å². The summed E-state index contributed by atoms with van der Waals surface area (Å²) < 4.78 is 0. The van der Waals surface area contributed by atoms with Gasteiger partial charge >= 0.3 is 0 Å². The van der Waals surface area contributed by atoms with E-state index in [0.29, 0.717) is 5.56 Å². The molecule has 1 aromatic carbocycles. The van der Waals surface area contributed by atoms with E-state index in [4.69, 9.17) is 0 Å². The van der Waals surface area contributed by atoms with Gasteiger partial charge in [0.15, 0.2) is 5.78 Å². The lowest BCUT2D eigenvalue weighted by Gasteiger charge is -1.99. The lowest BCUT2D eigenvalue weighted by atomic mass is 10.1. The van der Waals surface area contributed by atoms with Crippen molar-refractivity contribution in [1.29, 1.82) is 0 Å². The molecule has 0 bridgehead atoms. The molecule has 1 heteroatoms. The zero-order valence-corrected chi connectivity index (χ0v) is 7.34. The van der Waals surface area contributed by atoms with Crippen LogP contribution in [0.4, 0.5) is 0 Å². The fourth-order valence-corrected chi connectivity index (χ4v) is 1.19. The van der Waals surface area contributed by atoms with Gasteiger partial charge in [-0.25, -0.2) is 0 Å². The van der Waals surface area contributed by atoms with Gasteiger partial charge < -0.3 is 0 Å². The number of benzene rings is 1. The zero-order chi connectivity index (χ0) is 8.97. The first-order chi connectivity index (χ1) is 5.74. The van der Waals surface area contributed by atoms with Gasteiger partial charge in [0.2, 0.25) is 0 Å². The summed E-state index contributed by atoms with van der Waals surface area (Å²) in [6.07, 6.45) is 2.13. The normalized spacial score (nSPS) is 9.83. The molecular formula is C11H13O. The van der Waals surface area contributed by atoms with Gasteiger partial charge in [-0.05, 0) is 18.1 Å². The molecule has 12 heavy (non-hydrogen) atoms. The van der Waals surface area contributed by atoms with Crippen LogP contribution in [0.15, 0.2) is 24.3 Å². The first kappa shape index (κ1) is 8.98. The third-order valence-corrected chi connectivity index (χ3v) is 1.79. The van der Waals surface area contributed by atoms with E-state index in [9.17, 15) is 4.79 Å². The Bertz CT molecular complexity index is 276. The maximum atomic E-state index is 10.9. The predicted octanol–water partition coefficient (Wildman–Crippen LogP) is 2.66. The van der Waals surface area contributed by atoms with Gasteiger partial charge in [0, 0.05) is 12.5 Å². The average molecular weight is 161 g/mol. The average Bonchev–Trinajstić information content (AvgIpc) is 2.05. The molecule has 1 nitrogen and oxygen atoms in total. The Morgan fingerprint density at radius 3 is 2.83 bits per heavy atom. The Kier molecular flexibility index (Phi) is 3.03. The van der Waals surface area contributed by atoms with Crippen molar-refractivity contribution < 1.29 is 4.79 Å². The highest BCUT2D eigenvalue weighted by Gasteiger charge is 1.98. The van der Waals surface area contributed by atoms with E-state index in [1.54, 1.807) is 6.07 Å². The SMILES string of the molecule is [CH2]C(=O)c1cccc(CCC)c1. The van der Waals surface area contributed by atoms with E-state index >= 15 is 0 Å². The topological polar surface area (TPSA) is 17.1 Å². The zero-order valence-electron chi connectivity index (χ0n) is 7.34. The molecule has 0 N–H and O–H groups in total. The Hall–Kier alpha value is -1.11. The van der Waals surface area contributed by atoms with Crippen LogP contribution in [-0.4, -0.2) is 5.78 Å². The molecule has 0 amide bonds. The monoisotopic (exact) mass is 161 g/mol. The molecule has 0 saturated heterocycles. The summed E-state index contributed by atoms with van der Waals surface area (Å²) in [4.78, 5) is 10.9. The smallest absolute Gasteiger partial charge is 0.163 e. The molecular weight excluding hydrogens is 148 g/mol. The molecule has 0 spiro atoms. The number of carbonyl (C=O) groups excluding carboxylic acids is 1. The predicted molar refractivity (Wildman–Crippen MR) is 50.1 cm³/mol. The highest BCUT2D eigenvalue weighted by Crippen LogP contribution is 2.07. The van der Waals surface area contributed by atoms with Crippen LogP contribution < -0.4 is 0 Å². The molecule has 0 atom stereocenters. The minimum absolute atomic E-state index is 0.104. The van der Waals surface area contributed by atoms with Crippen LogP contribution in [0.5, 0.6) is 0 Å². The minimum atomic E-state index is -0.104. The number of ketones is 1. The molecule has 0 unspecified atom stereocenters. The molecule has 63 valence electrons.